The van der Waals surface area contributed by atoms with Gasteiger partial charge in [-0.25, -0.2) is 9.59 Å². The molecule has 0 aromatic heterocycles. The quantitative estimate of drug-likeness (QED) is 0.631. The normalized spacial score (nSPS) is 20.4. The van der Waals surface area contributed by atoms with E-state index in [4.69, 9.17) is 14.2 Å². The van der Waals surface area contributed by atoms with Crippen LogP contribution < -0.4 is 10.1 Å². The lowest BCUT2D eigenvalue weighted by Gasteiger charge is -2.19. The van der Waals surface area contributed by atoms with E-state index in [-0.39, 0.29) is 18.1 Å². The van der Waals surface area contributed by atoms with Gasteiger partial charge in [0.05, 0.1) is 0 Å². The molecule has 1 aliphatic rings. The van der Waals surface area contributed by atoms with E-state index in [1.54, 1.807) is 12.1 Å². The molecule has 6 heteroatoms. The van der Waals surface area contributed by atoms with Gasteiger partial charge in [0.2, 0.25) is 0 Å². The Bertz CT molecular complexity index is 605. The molecule has 1 N–H and O–H groups in total. The summed E-state index contributed by atoms with van der Waals surface area (Å²) in [5, 5.41) is 2.87. The SMILES string of the molecule is CCC(C)OC(=O)Oc1ccc(C2CC2NC(=O)OC(C)(C)C)cc1. The molecule has 0 radical (unpaired) electrons. The van der Waals surface area contributed by atoms with Crippen molar-refractivity contribution in [3.63, 3.8) is 0 Å². The Morgan fingerprint density at radius 1 is 1.24 bits per heavy atom. The number of benzene rings is 1. The van der Waals surface area contributed by atoms with Gasteiger partial charge in [0.1, 0.15) is 17.5 Å². The minimum atomic E-state index is -0.696. The van der Waals surface area contributed by atoms with Crippen LogP contribution in [0.3, 0.4) is 0 Å². The van der Waals surface area contributed by atoms with E-state index in [1.165, 1.54) is 0 Å². The molecule has 1 aromatic rings. The first kappa shape index (κ1) is 19.1. The number of alkyl carbamates (subject to hydrolysis) is 1. The number of hydrogen-bond donors (Lipinski definition) is 1. The highest BCUT2D eigenvalue weighted by molar-refractivity contribution is 5.69. The predicted molar refractivity (Wildman–Crippen MR) is 93.8 cm³/mol. The van der Waals surface area contributed by atoms with E-state index in [2.05, 4.69) is 5.32 Å². The lowest BCUT2D eigenvalue weighted by Crippen LogP contribution is -2.34. The zero-order valence-electron chi connectivity index (χ0n) is 15.5. The van der Waals surface area contributed by atoms with Crippen molar-refractivity contribution in [1.29, 1.82) is 0 Å². The molecule has 1 aromatic carbocycles. The van der Waals surface area contributed by atoms with E-state index < -0.39 is 17.8 Å². The van der Waals surface area contributed by atoms with Crippen molar-refractivity contribution >= 4 is 12.2 Å². The minimum Gasteiger partial charge on any atom is -0.444 e. The molecule has 3 unspecified atom stereocenters. The summed E-state index contributed by atoms with van der Waals surface area (Å²) in [5.41, 5.74) is 0.584. The summed E-state index contributed by atoms with van der Waals surface area (Å²) >= 11 is 0. The molecular weight excluding hydrogens is 322 g/mol. The van der Waals surface area contributed by atoms with Crippen LogP contribution in [0.4, 0.5) is 9.59 Å². The molecule has 2 rings (SSSR count). The standard InChI is InChI=1S/C19H27NO5/c1-6-12(2)23-18(22)24-14-9-7-13(8-10-14)15-11-16(15)20-17(21)25-19(3,4)5/h7-10,12,15-16H,6,11H2,1-5H3,(H,20,21). The van der Waals surface area contributed by atoms with Gasteiger partial charge in [0.15, 0.2) is 0 Å². The van der Waals surface area contributed by atoms with Gasteiger partial charge in [-0.1, -0.05) is 19.1 Å². The fraction of sp³-hybridized carbons (Fsp3) is 0.579. The smallest absolute Gasteiger partial charge is 0.444 e. The van der Waals surface area contributed by atoms with Gasteiger partial charge in [-0.2, -0.15) is 0 Å². The Balaban J connectivity index is 1.81. The molecule has 6 nitrogen and oxygen atoms in total. The molecule has 0 bridgehead atoms. The summed E-state index contributed by atoms with van der Waals surface area (Å²) in [5.74, 6) is 0.697. The van der Waals surface area contributed by atoms with E-state index in [9.17, 15) is 9.59 Å². The van der Waals surface area contributed by atoms with Crippen molar-refractivity contribution in [1.82, 2.24) is 5.32 Å². The Morgan fingerprint density at radius 2 is 1.88 bits per heavy atom. The van der Waals surface area contributed by atoms with Crippen molar-refractivity contribution in [2.45, 2.75) is 71.1 Å². The molecule has 1 saturated carbocycles. The number of rotatable bonds is 5. The lowest BCUT2D eigenvalue weighted by molar-refractivity contribution is 0.0521. The summed E-state index contributed by atoms with van der Waals surface area (Å²) in [7, 11) is 0. The molecule has 1 aliphatic carbocycles. The zero-order valence-corrected chi connectivity index (χ0v) is 15.5. The number of hydrogen-bond acceptors (Lipinski definition) is 5. The number of amides is 1. The van der Waals surface area contributed by atoms with Gasteiger partial charge in [-0.15, -0.1) is 0 Å². The van der Waals surface area contributed by atoms with E-state index in [0.717, 1.165) is 18.4 Å². The van der Waals surface area contributed by atoms with Gasteiger partial charge >= 0.3 is 12.2 Å². The van der Waals surface area contributed by atoms with Gasteiger partial charge in [0, 0.05) is 12.0 Å². The van der Waals surface area contributed by atoms with Crippen molar-refractivity contribution in [3.05, 3.63) is 29.8 Å². The molecule has 0 saturated heterocycles. The molecule has 1 amide bonds. The highest BCUT2D eigenvalue weighted by Gasteiger charge is 2.40. The van der Waals surface area contributed by atoms with Crippen LogP contribution in [0.25, 0.3) is 0 Å². The van der Waals surface area contributed by atoms with Gasteiger partial charge in [0.25, 0.3) is 0 Å². The average Bonchev–Trinajstić information content (AvgIpc) is 3.24. The first-order valence-electron chi connectivity index (χ1n) is 8.66. The van der Waals surface area contributed by atoms with Crippen LogP contribution in [0.5, 0.6) is 5.75 Å². The van der Waals surface area contributed by atoms with Crippen LogP contribution in [-0.2, 0) is 9.47 Å². The maximum Gasteiger partial charge on any atom is 0.514 e. The van der Waals surface area contributed by atoms with E-state index in [0.29, 0.717) is 5.75 Å². The predicted octanol–water partition coefficient (Wildman–Crippen LogP) is 4.38. The Hall–Kier alpha value is -2.24. The second kappa shape index (κ2) is 7.76. The van der Waals surface area contributed by atoms with Crippen LogP contribution in [0, 0.1) is 0 Å². The maximum atomic E-state index is 11.8. The number of carbonyl (C=O) groups excluding carboxylic acids is 2. The summed E-state index contributed by atoms with van der Waals surface area (Å²) in [6, 6.07) is 7.34. The average molecular weight is 349 g/mol. The second-order valence-corrected chi connectivity index (χ2v) is 7.35. The van der Waals surface area contributed by atoms with Crippen LogP contribution in [-0.4, -0.2) is 30.0 Å². The first-order valence-corrected chi connectivity index (χ1v) is 8.66. The highest BCUT2D eigenvalue weighted by atomic mass is 16.7. The van der Waals surface area contributed by atoms with Crippen LogP contribution in [0.1, 0.15) is 58.9 Å². The van der Waals surface area contributed by atoms with E-state index in [1.807, 2.05) is 46.8 Å². The van der Waals surface area contributed by atoms with Gasteiger partial charge in [-0.05, 0) is 58.2 Å². The summed E-state index contributed by atoms with van der Waals surface area (Å²) in [4.78, 5) is 23.4. The van der Waals surface area contributed by atoms with Gasteiger partial charge in [-0.3, -0.25) is 0 Å². The molecule has 1 fully saturated rings. The highest BCUT2D eigenvalue weighted by Crippen LogP contribution is 2.41. The topological polar surface area (TPSA) is 73.9 Å². The largest absolute Gasteiger partial charge is 0.514 e. The number of carbonyl (C=O) groups is 2. The lowest BCUT2D eigenvalue weighted by atomic mass is 10.1. The maximum absolute atomic E-state index is 11.8. The Kier molecular flexibility index (Phi) is 5.93. The van der Waals surface area contributed by atoms with Crippen molar-refractivity contribution in [2.24, 2.45) is 0 Å². The third-order valence-corrected chi connectivity index (χ3v) is 3.87. The Morgan fingerprint density at radius 3 is 2.44 bits per heavy atom. The molecule has 3 atom stereocenters. The van der Waals surface area contributed by atoms with Gasteiger partial charge < -0.3 is 19.5 Å². The second-order valence-electron chi connectivity index (χ2n) is 7.35. The Labute approximate surface area is 148 Å². The molecule has 0 heterocycles. The van der Waals surface area contributed by atoms with Crippen molar-refractivity contribution in [3.8, 4) is 5.75 Å². The molecule has 138 valence electrons. The van der Waals surface area contributed by atoms with E-state index >= 15 is 0 Å². The zero-order chi connectivity index (χ0) is 18.6. The number of nitrogens with one attached hydrogen (secondary N) is 1. The molecular formula is C19H27NO5. The van der Waals surface area contributed by atoms with Crippen LogP contribution >= 0.6 is 0 Å². The molecule has 0 aliphatic heterocycles. The summed E-state index contributed by atoms with van der Waals surface area (Å²) < 4.78 is 15.5. The third-order valence-electron chi connectivity index (χ3n) is 3.87. The fourth-order valence-corrected chi connectivity index (χ4v) is 2.33. The third kappa shape index (κ3) is 6.29. The minimum absolute atomic E-state index is 0.0805. The van der Waals surface area contributed by atoms with Crippen molar-refractivity contribution < 1.29 is 23.8 Å². The molecule has 25 heavy (non-hydrogen) atoms. The summed E-state index contributed by atoms with van der Waals surface area (Å²) in [6.07, 6.45) is 0.348. The monoisotopic (exact) mass is 349 g/mol. The molecule has 0 spiro atoms. The van der Waals surface area contributed by atoms with Crippen LogP contribution in [0.2, 0.25) is 0 Å². The number of ether oxygens (including phenoxy) is 3. The van der Waals surface area contributed by atoms with Crippen molar-refractivity contribution in [2.75, 3.05) is 0 Å². The summed E-state index contributed by atoms with van der Waals surface area (Å²) in [6.45, 7) is 9.26. The first-order chi connectivity index (χ1) is 11.7. The fourth-order valence-electron chi connectivity index (χ4n) is 2.33. The van der Waals surface area contributed by atoms with Crippen LogP contribution in [0.15, 0.2) is 24.3 Å².